The molecule has 1 N–H and O–H groups in total. The molecule has 1 heterocycles. The van der Waals surface area contributed by atoms with E-state index in [1.165, 1.54) is 31.4 Å². The number of nitrogens with zero attached hydrogens (tertiary/aromatic N) is 1. The molecule has 0 saturated carbocycles. The van der Waals surface area contributed by atoms with Gasteiger partial charge < -0.3 is 10.1 Å². The number of ether oxygens (including phenoxy) is 1. The van der Waals surface area contributed by atoms with Crippen LogP contribution in [0.5, 0.6) is 5.75 Å². The summed E-state index contributed by atoms with van der Waals surface area (Å²) in [4.78, 5) is 2.66. The molecule has 3 heteroatoms. The molecule has 1 aliphatic heterocycles. The number of methoxy groups -OCH3 is 1. The Labute approximate surface area is 129 Å². The number of hydrogen-bond acceptors (Lipinski definition) is 3. The highest BCUT2D eigenvalue weighted by atomic mass is 16.5. The van der Waals surface area contributed by atoms with Crippen molar-refractivity contribution in [3.63, 3.8) is 0 Å². The van der Waals surface area contributed by atoms with Gasteiger partial charge in [0.2, 0.25) is 0 Å². The summed E-state index contributed by atoms with van der Waals surface area (Å²) in [7, 11) is 1.72. The normalized spacial score (nSPS) is 23.8. The van der Waals surface area contributed by atoms with Crippen LogP contribution in [0, 0.1) is 0 Å². The molecule has 0 radical (unpaired) electrons. The van der Waals surface area contributed by atoms with Crippen LogP contribution in [-0.2, 0) is 6.42 Å². The zero-order valence-electron chi connectivity index (χ0n) is 13.8. The first-order valence-corrected chi connectivity index (χ1v) is 8.33. The smallest absolute Gasteiger partial charge is 0.118 e. The van der Waals surface area contributed by atoms with E-state index in [0.29, 0.717) is 12.1 Å². The predicted octanol–water partition coefficient (Wildman–Crippen LogP) is 3.09. The van der Waals surface area contributed by atoms with Crippen molar-refractivity contribution in [1.82, 2.24) is 10.2 Å². The van der Waals surface area contributed by atoms with Crippen LogP contribution in [0.4, 0.5) is 0 Å². The average Bonchev–Trinajstić information content (AvgIpc) is 2.68. The van der Waals surface area contributed by atoms with E-state index in [0.717, 1.165) is 25.3 Å². The lowest BCUT2D eigenvalue weighted by Gasteiger charge is -2.29. The Kier molecular flexibility index (Phi) is 6.52. The zero-order valence-corrected chi connectivity index (χ0v) is 13.8. The van der Waals surface area contributed by atoms with Crippen LogP contribution < -0.4 is 10.1 Å². The van der Waals surface area contributed by atoms with Crippen molar-refractivity contribution in [1.29, 1.82) is 0 Å². The molecule has 0 aromatic heterocycles. The molecule has 1 aromatic rings. The summed E-state index contributed by atoms with van der Waals surface area (Å²) in [5.74, 6) is 0.939. The lowest BCUT2D eigenvalue weighted by Crippen LogP contribution is -2.41. The molecule has 21 heavy (non-hydrogen) atoms. The molecule has 2 unspecified atom stereocenters. The van der Waals surface area contributed by atoms with Gasteiger partial charge in [0, 0.05) is 25.2 Å². The second-order valence-electron chi connectivity index (χ2n) is 6.17. The van der Waals surface area contributed by atoms with Gasteiger partial charge in [0.25, 0.3) is 0 Å². The molecule has 1 fully saturated rings. The van der Waals surface area contributed by atoms with E-state index >= 15 is 0 Å². The van der Waals surface area contributed by atoms with E-state index in [2.05, 4.69) is 48.3 Å². The third-order valence-corrected chi connectivity index (χ3v) is 4.56. The largest absolute Gasteiger partial charge is 0.497 e. The Bertz CT molecular complexity index is 404. The molecule has 2 rings (SSSR count). The van der Waals surface area contributed by atoms with Gasteiger partial charge in [-0.2, -0.15) is 0 Å². The molecule has 0 bridgehead atoms. The van der Waals surface area contributed by atoms with Gasteiger partial charge in [0.15, 0.2) is 0 Å². The van der Waals surface area contributed by atoms with Gasteiger partial charge >= 0.3 is 0 Å². The maximum absolute atomic E-state index is 5.22. The maximum Gasteiger partial charge on any atom is 0.118 e. The van der Waals surface area contributed by atoms with Crippen molar-refractivity contribution in [2.45, 2.75) is 51.6 Å². The monoisotopic (exact) mass is 290 g/mol. The number of rotatable bonds is 6. The third-order valence-electron chi connectivity index (χ3n) is 4.56. The zero-order chi connectivity index (χ0) is 15.1. The van der Waals surface area contributed by atoms with E-state index in [9.17, 15) is 0 Å². The fourth-order valence-electron chi connectivity index (χ4n) is 3.12. The minimum absolute atomic E-state index is 0.663. The number of hydrogen-bond donors (Lipinski definition) is 1. The first-order chi connectivity index (χ1) is 10.2. The van der Waals surface area contributed by atoms with Gasteiger partial charge in [-0.05, 0) is 50.4 Å². The highest BCUT2D eigenvalue weighted by Gasteiger charge is 2.21. The van der Waals surface area contributed by atoms with Gasteiger partial charge in [-0.15, -0.1) is 0 Å². The van der Waals surface area contributed by atoms with Crippen molar-refractivity contribution in [3.8, 4) is 5.75 Å². The van der Waals surface area contributed by atoms with Crippen LogP contribution in [0.15, 0.2) is 24.3 Å². The van der Waals surface area contributed by atoms with Gasteiger partial charge in [0.1, 0.15) is 5.75 Å². The molecule has 1 aromatic carbocycles. The molecule has 0 spiro atoms. The van der Waals surface area contributed by atoms with Gasteiger partial charge in [-0.25, -0.2) is 0 Å². The lowest BCUT2D eigenvalue weighted by atomic mass is 10.1. The Morgan fingerprint density at radius 1 is 1.29 bits per heavy atom. The average molecular weight is 290 g/mol. The molecule has 1 saturated heterocycles. The molecular formula is C18H30N2O. The van der Waals surface area contributed by atoms with E-state index in [1.807, 2.05) is 0 Å². The Balaban J connectivity index is 1.89. The lowest BCUT2D eigenvalue weighted by molar-refractivity contribution is 0.204. The highest BCUT2D eigenvalue weighted by molar-refractivity contribution is 5.27. The third kappa shape index (κ3) is 5.01. The molecule has 0 aliphatic carbocycles. The van der Waals surface area contributed by atoms with Gasteiger partial charge in [0.05, 0.1) is 7.11 Å². The van der Waals surface area contributed by atoms with Crippen molar-refractivity contribution in [3.05, 3.63) is 29.8 Å². The van der Waals surface area contributed by atoms with Crippen LogP contribution >= 0.6 is 0 Å². The second kappa shape index (κ2) is 8.40. The summed E-state index contributed by atoms with van der Waals surface area (Å²) >= 11 is 0. The van der Waals surface area contributed by atoms with Crippen molar-refractivity contribution < 1.29 is 4.74 Å². The van der Waals surface area contributed by atoms with Crippen LogP contribution in [0.1, 0.15) is 38.7 Å². The van der Waals surface area contributed by atoms with E-state index in [4.69, 9.17) is 4.74 Å². The Hall–Kier alpha value is -1.06. The SMILES string of the molecule is CCCC1CN(CCc2ccc(OC)cc2)C(C)CCN1. The maximum atomic E-state index is 5.22. The number of benzene rings is 1. The fraction of sp³-hybridized carbons (Fsp3) is 0.667. The van der Waals surface area contributed by atoms with E-state index < -0.39 is 0 Å². The van der Waals surface area contributed by atoms with Gasteiger partial charge in [-0.1, -0.05) is 25.5 Å². The van der Waals surface area contributed by atoms with Crippen molar-refractivity contribution >= 4 is 0 Å². The van der Waals surface area contributed by atoms with Crippen LogP contribution in [0.2, 0.25) is 0 Å². The molecular weight excluding hydrogens is 260 g/mol. The summed E-state index contributed by atoms with van der Waals surface area (Å²) in [6.07, 6.45) is 4.92. The molecule has 3 nitrogen and oxygen atoms in total. The van der Waals surface area contributed by atoms with E-state index in [-0.39, 0.29) is 0 Å². The molecule has 118 valence electrons. The molecule has 1 aliphatic rings. The topological polar surface area (TPSA) is 24.5 Å². The first kappa shape index (κ1) is 16.3. The predicted molar refractivity (Wildman–Crippen MR) is 89.0 cm³/mol. The second-order valence-corrected chi connectivity index (χ2v) is 6.17. The Morgan fingerprint density at radius 3 is 2.71 bits per heavy atom. The number of nitrogens with one attached hydrogen (secondary N) is 1. The summed E-state index contributed by atoms with van der Waals surface area (Å²) in [6.45, 7) is 8.13. The Morgan fingerprint density at radius 2 is 2.05 bits per heavy atom. The summed E-state index contributed by atoms with van der Waals surface area (Å²) < 4.78 is 5.22. The summed E-state index contributed by atoms with van der Waals surface area (Å²) in [5.41, 5.74) is 1.40. The van der Waals surface area contributed by atoms with Crippen LogP contribution in [-0.4, -0.2) is 43.7 Å². The van der Waals surface area contributed by atoms with Crippen molar-refractivity contribution in [2.75, 3.05) is 26.7 Å². The van der Waals surface area contributed by atoms with E-state index in [1.54, 1.807) is 7.11 Å². The molecule has 2 atom stereocenters. The molecule has 0 amide bonds. The fourth-order valence-corrected chi connectivity index (χ4v) is 3.12. The van der Waals surface area contributed by atoms with Crippen LogP contribution in [0.25, 0.3) is 0 Å². The summed E-state index contributed by atoms with van der Waals surface area (Å²) in [6, 6.07) is 9.82. The van der Waals surface area contributed by atoms with Crippen LogP contribution in [0.3, 0.4) is 0 Å². The van der Waals surface area contributed by atoms with Gasteiger partial charge in [-0.3, -0.25) is 4.90 Å². The highest BCUT2D eigenvalue weighted by Crippen LogP contribution is 2.15. The standard InChI is InChI=1S/C18H30N2O/c1-4-5-17-14-20(15(2)10-12-19-17)13-11-16-6-8-18(21-3)9-7-16/h6-9,15,17,19H,4-5,10-14H2,1-3H3. The van der Waals surface area contributed by atoms with Crippen molar-refractivity contribution in [2.24, 2.45) is 0 Å². The summed E-state index contributed by atoms with van der Waals surface area (Å²) in [5, 5.41) is 3.70. The first-order valence-electron chi connectivity index (χ1n) is 8.33. The minimum atomic E-state index is 0.663. The quantitative estimate of drug-likeness (QED) is 0.871. The minimum Gasteiger partial charge on any atom is -0.497 e.